The minimum atomic E-state index is -0.114. The number of rotatable bonds is 8. The van der Waals surface area contributed by atoms with E-state index in [4.69, 9.17) is 4.74 Å². The number of fused-ring (bicyclic) bond motifs is 1. The van der Waals surface area contributed by atoms with Gasteiger partial charge < -0.3 is 10.1 Å². The quantitative estimate of drug-likeness (QED) is 0.445. The highest BCUT2D eigenvalue weighted by molar-refractivity contribution is 5.88. The number of amides is 1. The molecule has 0 saturated heterocycles. The lowest BCUT2D eigenvalue weighted by molar-refractivity contribution is -0.117. The van der Waals surface area contributed by atoms with E-state index in [2.05, 4.69) is 12.2 Å². The fourth-order valence-electron chi connectivity index (χ4n) is 2.27. The smallest absolute Gasteiger partial charge is 0.246 e. The van der Waals surface area contributed by atoms with Gasteiger partial charge in [-0.3, -0.25) is 4.79 Å². The average molecular weight is 297 g/mol. The van der Waals surface area contributed by atoms with Crippen molar-refractivity contribution in [1.29, 1.82) is 0 Å². The number of hydrogen-bond acceptors (Lipinski definition) is 2. The van der Waals surface area contributed by atoms with Crippen LogP contribution in [0.2, 0.25) is 0 Å². The van der Waals surface area contributed by atoms with Crippen molar-refractivity contribution >= 4 is 16.7 Å². The van der Waals surface area contributed by atoms with E-state index in [1.165, 1.54) is 12.8 Å². The molecule has 0 spiro atoms. The van der Waals surface area contributed by atoms with Crippen LogP contribution in [-0.4, -0.2) is 12.6 Å². The Morgan fingerprint density at radius 3 is 2.82 bits per heavy atom. The van der Waals surface area contributed by atoms with Crippen molar-refractivity contribution in [2.75, 3.05) is 6.73 Å². The minimum Gasteiger partial charge on any atom is -0.473 e. The molecule has 2 aromatic rings. The van der Waals surface area contributed by atoms with Crippen molar-refractivity contribution < 1.29 is 9.53 Å². The molecule has 0 radical (unpaired) electrons. The van der Waals surface area contributed by atoms with Crippen molar-refractivity contribution in [1.82, 2.24) is 5.32 Å². The summed E-state index contributed by atoms with van der Waals surface area (Å²) in [5.41, 5.74) is 0. The summed E-state index contributed by atoms with van der Waals surface area (Å²) in [5, 5.41) is 4.92. The minimum absolute atomic E-state index is 0.114. The highest BCUT2D eigenvalue weighted by Gasteiger charge is 2.01. The highest BCUT2D eigenvalue weighted by Crippen LogP contribution is 2.24. The molecule has 0 heterocycles. The largest absolute Gasteiger partial charge is 0.473 e. The molecule has 0 aliphatic carbocycles. The number of nitrogens with one attached hydrogen (secondary N) is 1. The van der Waals surface area contributed by atoms with Crippen molar-refractivity contribution in [2.24, 2.45) is 0 Å². The predicted octanol–water partition coefficient (Wildman–Crippen LogP) is 4.43. The summed E-state index contributed by atoms with van der Waals surface area (Å²) in [6.07, 6.45) is 7.98. The molecule has 1 N–H and O–H groups in total. The van der Waals surface area contributed by atoms with Crippen molar-refractivity contribution in [3.05, 3.63) is 54.6 Å². The van der Waals surface area contributed by atoms with Gasteiger partial charge in [-0.25, -0.2) is 0 Å². The number of benzene rings is 2. The summed E-state index contributed by atoms with van der Waals surface area (Å²) in [5.74, 6) is 0.669. The number of allylic oxidation sites excluding steroid dienone is 1. The summed E-state index contributed by atoms with van der Waals surface area (Å²) in [6.45, 7) is 2.34. The van der Waals surface area contributed by atoms with Crippen LogP contribution in [0.25, 0.3) is 10.8 Å². The van der Waals surface area contributed by atoms with Crippen molar-refractivity contribution in [3.8, 4) is 5.75 Å². The van der Waals surface area contributed by atoms with Crippen LogP contribution in [-0.2, 0) is 4.79 Å². The van der Waals surface area contributed by atoms with Gasteiger partial charge in [0.2, 0.25) is 5.91 Å². The van der Waals surface area contributed by atoms with E-state index in [-0.39, 0.29) is 12.6 Å². The molecular formula is C19H23NO2. The second-order valence-electron chi connectivity index (χ2n) is 5.21. The number of ether oxygens (including phenoxy) is 1. The maximum atomic E-state index is 11.7. The molecule has 0 fully saturated rings. The van der Waals surface area contributed by atoms with E-state index >= 15 is 0 Å². The first kappa shape index (κ1) is 16.1. The summed E-state index contributed by atoms with van der Waals surface area (Å²) < 4.78 is 5.67. The van der Waals surface area contributed by atoms with Gasteiger partial charge in [0.05, 0.1) is 0 Å². The van der Waals surface area contributed by atoms with Gasteiger partial charge in [0, 0.05) is 5.39 Å². The molecule has 0 saturated carbocycles. The molecule has 0 aliphatic rings. The third-order valence-corrected chi connectivity index (χ3v) is 3.47. The molecule has 0 aromatic heterocycles. The molecule has 116 valence electrons. The maximum Gasteiger partial charge on any atom is 0.246 e. The van der Waals surface area contributed by atoms with Crippen LogP contribution in [0.15, 0.2) is 54.6 Å². The van der Waals surface area contributed by atoms with Crippen LogP contribution in [0.3, 0.4) is 0 Å². The van der Waals surface area contributed by atoms with Crippen LogP contribution < -0.4 is 10.1 Å². The molecule has 0 aliphatic heterocycles. The first-order valence-corrected chi connectivity index (χ1v) is 7.86. The summed E-state index contributed by atoms with van der Waals surface area (Å²) in [4.78, 5) is 11.7. The van der Waals surface area contributed by atoms with Crippen molar-refractivity contribution in [2.45, 2.75) is 32.6 Å². The van der Waals surface area contributed by atoms with Crippen LogP contribution in [0, 0.1) is 0 Å². The Kier molecular flexibility index (Phi) is 6.49. The molecule has 2 rings (SSSR count). The third-order valence-electron chi connectivity index (χ3n) is 3.47. The van der Waals surface area contributed by atoms with Gasteiger partial charge in [-0.1, -0.05) is 62.2 Å². The Balaban J connectivity index is 1.79. The zero-order chi connectivity index (χ0) is 15.6. The van der Waals surface area contributed by atoms with Crippen LogP contribution in [0.1, 0.15) is 32.6 Å². The lowest BCUT2D eigenvalue weighted by atomic mass is 10.1. The van der Waals surface area contributed by atoms with Gasteiger partial charge in [0.25, 0.3) is 0 Å². The summed E-state index contributed by atoms with van der Waals surface area (Å²) in [7, 11) is 0. The molecule has 3 heteroatoms. The predicted molar refractivity (Wildman–Crippen MR) is 90.9 cm³/mol. The van der Waals surface area contributed by atoms with E-state index in [1.54, 1.807) is 6.08 Å². The lowest BCUT2D eigenvalue weighted by Gasteiger charge is -2.09. The van der Waals surface area contributed by atoms with Crippen LogP contribution in [0.4, 0.5) is 0 Å². The standard InChI is InChI=1S/C19H23NO2/c1-2-3-4-5-6-14-19(21)20-15-22-18-13-9-11-16-10-7-8-12-17(16)18/h6-14H,2-5,15H2,1H3,(H,20,21). The fourth-order valence-corrected chi connectivity index (χ4v) is 2.27. The Morgan fingerprint density at radius 2 is 1.95 bits per heavy atom. The molecule has 0 atom stereocenters. The molecule has 0 bridgehead atoms. The topological polar surface area (TPSA) is 38.3 Å². The summed E-state index contributed by atoms with van der Waals surface area (Å²) in [6, 6.07) is 13.9. The molecule has 2 aromatic carbocycles. The van der Waals surface area contributed by atoms with Gasteiger partial charge >= 0.3 is 0 Å². The lowest BCUT2D eigenvalue weighted by Crippen LogP contribution is -2.25. The van der Waals surface area contributed by atoms with Crippen molar-refractivity contribution in [3.63, 3.8) is 0 Å². The molecule has 3 nitrogen and oxygen atoms in total. The molecule has 0 unspecified atom stereocenters. The zero-order valence-electron chi connectivity index (χ0n) is 13.0. The van der Waals surface area contributed by atoms with Gasteiger partial charge in [-0.15, -0.1) is 0 Å². The van der Waals surface area contributed by atoms with E-state index in [0.717, 1.165) is 29.4 Å². The highest BCUT2D eigenvalue weighted by atomic mass is 16.5. The molecular weight excluding hydrogens is 274 g/mol. The number of hydrogen-bond donors (Lipinski definition) is 1. The van der Waals surface area contributed by atoms with E-state index in [0.29, 0.717) is 0 Å². The number of unbranched alkanes of at least 4 members (excludes halogenated alkanes) is 3. The summed E-state index contributed by atoms with van der Waals surface area (Å²) >= 11 is 0. The Bertz CT molecular complexity index is 629. The zero-order valence-corrected chi connectivity index (χ0v) is 13.0. The first-order valence-electron chi connectivity index (χ1n) is 7.86. The van der Waals surface area contributed by atoms with E-state index in [9.17, 15) is 4.79 Å². The Labute approximate surface area is 132 Å². The number of carbonyl (C=O) groups excluding carboxylic acids is 1. The van der Waals surface area contributed by atoms with Gasteiger partial charge in [0.1, 0.15) is 5.75 Å². The molecule has 22 heavy (non-hydrogen) atoms. The monoisotopic (exact) mass is 297 g/mol. The van der Waals surface area contributed by atoms with E-state index in [1.807, 2.05) is 48.5 Å². The van der Waals surface area contributed by atoms with E-state index < -0.39 is 0 Å². The SMILES string of the molecule is CCCCCC=CC(=O)NCOc1cccc2ccccc12. The second kappa shape index (κ2) is 8.88. The second-order valence-corrected chi connectivity index (χ2v) is 5.21. The fraction of sp³-hybridized carbons (Fsp3) is 0.316. The Hall–Kier alpha value is -2.29. The van der Waals surface area contributed by atoms with Gasteiger partial charge in [-0.05, 0) is 30.4 Å². The molecule has 1 amide bonds. The Morgan fingerprint density at radius 1 is 1.14 bits per heavy atom. The van der Waals surface area contributed by atoms with Crippen LogP contribution in [0.5, 0.6) is 5.75 Å². The van der Waals surface area contributed by atoms with Gasteiger partial charge in [0.15, 0.2) is 6.73 Å². The average Bonchev–Trinajstić information content (AvgIpc) is 2.55. The first-order chi connectivity index (χ1) is 10.8. The normalized spacial score (nSPS) is 11.0. The van der Waals surface area contributed by atoms with Gasteiger partial charge in [-0.2, -0.15) is 0 Å². The third kappa shape index (κ3) is 4.92. The van der Waals surface area contributed by atoms with Crippen LogP contribution >= 0.6 is 0 Å². The number of carbonyl (C=O) groups is 1. The maximum absolute atomic E-state index is 11.7.